The molecule has 1 N–H and O–H groups in total. The third-order valence-corrected chi connectivity index (χ3v) is 5.57. The van der Waals surface area contributed by atoms with E-state index < -0.39 is 5.76 Å². The van der Waals surface area contributed by atoms with Gasteiger partial charge in [0.15, 0.2) is 5.58 Å². The van der Waals surface area contributed by atoms with Gasteiger partial charge >= 0.3 is 5.76 Å². The van der Waals surface area contributed by atoms with E-state index in [1.807, 2.05) is 59.5 Å². The Hall–Kier alpha value is -3.80. The minimum absolute atomic E-state index is 0.0591. The molecule has 5 rings (SSSR count). The van der Waals surface area contributed by atoms with Crippen molar-refractivity contribution < 1.29 is 9.21 Å². The van der Waals surface area contributed by atoms with Gasteiger partial charge in [0.1, 0.15) is 0 Å². The SMILES string of the molecule is O=C(c1ccc(-c2ccccc2)cc1)N1CCN(c2ccc3oc(=O)[nH]c3c2)CC1. The molecule has 0 aliphatic carbocycles. The number of carbonyl (C=O) groups is 1. The summed E-state index contributed by atoms with van der Waals surface area (Å²) < 4.78 is 5.06. The lowest BCUT2D eigenvalue weighted by atomic mass is 10.0. The first-order chi connectivity index (χ1) is 14.7. The van der Waals surface area contributed by atoms with Gasteiger partial charge in [0.2, 0.25) is 0 Å². The largest absolute Gasteiger partial charge is 0.417 e. The lowest BCUT2D eigenvalue weighted by Crippen LogP contribution is -2.48. The third kappa shape index (κ3) is 3.48. The average Bonchev–Trinajstić information content (AvgIpc) is 3.18. The van der Waals surface area contributed by atoms with Crippen molar-refractivity contribution in [3.05, 3.63) is 88.9 Å². The standard InChI is InChI=1S/C24H21N3O3/c28-23(19-8-6-18(7-9-19)17-4-2-1-3-5-17)27-14-12-26(13-15-27)20-10-11-22-21(16-20)25-24(29)30-22/h1-11,16H,12-15H2,(H,25,29). The Morgan fingerprint density at radius 1 is 0.833 bits per heavy atom. The Morgan fingerprint density at radius 3 is 2.27 bits per heavy atom. The Kier molecular flexibility index (Phi) is 4.59. The first-order valence-corrected chi connectivity index (χ1v) is 10.00. The summed E-state index contributed by atoms with van der Waals surface area (Å²) in [4.78, 5) is 31.1. The van der Waals surface area contributed by atoms with Gasteiger partial charge in [-0.15, -0.1) is 0 Å². The lowest BCUT2D eigenvalue weighted by Gasteiger charge is -2.36. The molecule has 0 atom stereocenters. The van der Waals surface area contributed by atoms with Gasteiger partial charge in [-0.1, -0.05) is 42.5 Å². The van der Waals surface area contributed by atoms with Crippen LogP contribution in [0.5, 0.6) is 0 Å². The number of aromatic amines is 1. The smallest absolute Gasteiger partial charge is 0.408 e. The number of piperazine rings is 1. The molecule has 150 valence electrons. The summed E-state index contributed by atoms with van der Waals surface area (Å²) in [5.74, 6) is -0.389. The molecular formula is C24H21N3O3. The molecule has 0 radical (unpaired) electrons. The minimum Gasteiger partial charge on any atom is -0.408 e. The molecule has 0 saturated carbocycles. The zero-order valence-electron chi connectivity index (χ0n) is 16.4. The number of oxazole rings is 1. The fourth-order valence-corrected chi connectivity index (χ4v) is 3.92. The molecule has 1 saturated heterocycles. The van der Waals surface area contributed by atoms with E-state index in [0.717, 1.165) is 29.9 Å². The number of benzene rings is 3. The van der Waals surface area contributed by atoms with E-state index in [1.165, 1.54) is 0 Å². The Labute approximate surface area is 173 Å². The van der Waals surface area contributed by atoms with Crippen LogP contribution in [0, 0.1) is 0 Å². The summed E-state index contributed by atoms with van der Waals surface area (Å²) in [5, 5.41) is 0. The predicted octanol–water partition coefficient (Wildman–Crippen LogP) is 3.75. The normalized spacial score (nSPS) is 14.3. The molecule has 4 aromatic rings. The van der Waals surface area contributed by atoms with Crippen LogP contribution >= 0.6 is 0 Å². The molecule has 1 aliphatic rings. The van der Waals surface area contributed by atoms with Crippen LogP contribution in [0.1, 0.15) is 10.4 Å². The highest BCUT2D eigenvalue weighted by Crippen LogP contribution is 2.23. The molecule has 3 aromatic carbocycles. The number of fused-ring (bicyclic) bond motifs is 1. The zero-order chi connectivity index (χ0) is 20.5. The highest BCUT2D eigenvalue weighted by atomic mass is 16.4. The summed E-state index contributed by atoms with van der Waals surface area (Å²) in [5.41, 5.74) is 5.20. The van der Waals surface area contributed by atoms with Crippen LogP contribution in [0.2, 0.25) is 0 Å². The Morgan fingerprint density at radius 2 is 1.53 bits per heavy atom. The molecule has 1 fully saturated rings. The van der Waals surface area contributed by atoms with Crippen molar-refractivity contribution in [3.63, 3.8) is 0 Å². The number of nitrogens with zero attached hydrogens (tertiary/aromatic N) is 2. The van der Waals surface area contributed by atoms with Crippen LogP contribution < -0.4 is 10.7 Å². The molecule has 30 heavy (non-hydrogen) atoms. The van der Waals surface area contributed by atoms with Crippen molar-refractivity contribution in [2.75, 3.05) is 31.1 Å². The van der Waals surface area contributed by atoms with Gasteiger partial charge in [0.05, 0.1) is 5.52 Å². The number of carbonyl (C=O) groups excluding carboxylic acids is 1. The quantitative estimate of drug-likeness (QED) is 0.570. The van der Waals surface area contributed by atoms with Crippen LogP contribution in [0.15, 0.2) is 82.0 Å². The molecule has 0 unspecified atom stereocenters. The number of nitrogens with one attached hydrogen (secondary N) is 1. The number of hydrogen-bond donors (Lipinski definition) is 1. The maximum absolute atomic E-state index is 12.9. The predicted molar refractivity (Wildman–Crippen MR) is 117 cm³/mol. The molecule has 6 heteroatoms. The van der Waals surface area contributed by atoms with Gasteiger partial charge < -0.3 is 14.2 Å². The van der Waals surface area contributed by atoms with E-state index in [4.69, 9.17) is 4.42 Å². The maximum Gasteiger partial charge on any atom is 0.417 e. The number of rotatable bonds is 3. The maximum atomic E-state index is 12.9. The van der Waals surface area contributed by atoms with Crippen LogP contribution in [0.25, 0.3) is 22.2 Å². The highest BCUT2D eigenvalue weighted by molar-refractivity contribution is 5.95. The molecule has 6 nitrogen and oxygen atoms in total. The molecule has 1 aliphatic heterocycles. The second kappa shape index (κ2) is 7.55. The molecule has 1 amide bonds. The minimum atomic E-state index is -0.448. The van der Waals surface area contributed by atoms with Crippen LogP contribution in [-0.2, 0) is 0 Å². The molecule has 0 spiro atoms. The fourth-order valence-electron chi connectivity index (χ4n) is 3.92. The summed E-state index contributed by atoms with van der Waals surface area (Å²) in [6.45, 7) is 2.78. The number of H-pyrrole nitrogens is 1. The lowest BCUT2D eigenvalue weighted by molar-refractivity contribution is 0.0747. The zero-order valence-corrected chi connectivity index (χ0v) is 16.4. The van der Waals surface area contributed by atoms with E-state index in [-0.39, 0.29) is 5.91 Å². The Balaban J connectivity index is 1.25. The van der Waals surface area contributed by atoms with Gasteiger partial charge in [0.25, 0.3) is 5.91 Å². The molecular weight excluding hydrogens is 378 g/mol. The average molecular weight is 399 g/mol. The first-order valence-electron chi connectivity index (χ1n) is 10.00. The fraction of sp³-hybridized carbons (Fsp3) is 0.167. The topological polar surface area (TPSA) is 69.6 Å². The number of aromatic nitrogens is 1. The van der Waals surface area contributed by atoms with Gasteiger partial charge in [-0.05, 0) is 41.5 Å². The van der Waals surface area contributed by atoms with E-state index >= 15 is 0 Å². The number of hydrogen-bond acceptors (Lipinski definition) is 4. The van der Waals surface area contributed by atoms with Crippen molar-refractivity contribution in [1.29, 1.82) is 0 Å². The molecule has 0 bridgehead atoms. The van der Waals surface area contributed by atoms with Crippen LogP contribution in [0.3, 0.4) is 0 Å². The number of anilines is 1. The molecule has 1 aromatic heterocycles. The molecule has 2 heterocycles. The van der Waals surface area contributed by atoms with Gasteiger partial charge in [0, 0.05) is 37.4 Å². The van der Waals surface area contributed by atoms with Crippen molar-refractivity contribution in [3.8, 4) is 11.1 Å². The van der Waals surface area contributed by atoms with Gasteiger partial charge in [-0.3, -0.25) is 9.78 Å². The van der Waals surface area contributed by atoms with Crippen molar-refractivity contribution in [2.45, 2.75) is 0 Å². The summed E-state index contributed by atoms with van der Waals surface area (Å²) >= 11 is 0. The van der Waals surface area contributed by atoms with E-state index in [9.17, 15) is 9.59 Å². The van der Waals surface area contributed by atoms with Crippen LogP contribution in [0.4, 0.5) is 5.69 Å². The number of amides is 1. The second-order valence-electron chi connectivity index (χ2n) is 7.42. The van der Waals surface area contributed by atoms with Gasteiger partial charge in [-0.2, -0.15) is 0 Å². The third-order valence-electron chi connectivity index (χ3n) is 5.57. The Bertz CT molecular complexity index is 1230. The van der Waals surface area contributed by atoms with Gasteiger partial charge in [-0.25, -0.2) is 4.79 Å². The van der Waals surface area contributed by atoms with Crippen molar-refractivity contribution in [2.24, 2.45) is 0 Å². The highest BCUT2D eigenvalue weighted by Gasteiger charge is 2.22. The van der Waals surface area contributed by atoms with E-state index in [1.54, 1.807) is 6.07 Å². The van der Waals surface area contributed by atoms with E-state index in [2.05, 4.69) is 22.0 Å². The van der Waals surface area contributed by atoms with Crippen molar-refractivity contribution >= 4 is 22.7 Å². The van der Waals surface area contributed by atoms with Crippen LogP contribution in [-0.4, -0.2) is 42.0 Å². The summed E-state index contributed by atoms with van der Waals surface area (Å²) in [6, 6.07) is 23.6. The van der Waals surface area contributed by atoms with Crippen molar-refractivity contribution in [1.82, 2.24) is 9.88 Å². The monoisotopic (exact) mass is 399 g/mol. The second-order valence-corrected chi connectivity index (χ2v) is 7.42. The summed E-state index contributed by atoms with van der Waals surface area (Å²) in [7, 11) is 0. The van der Waals surface area contributed by atoms with E-state index in [0.29, 0.717) is 29.8 Å². The first kappa shape index (κ1) is 18.2. The summed E-state index contributed by atoms with van der Waals surface area (Å²) in [6.07, 6.45) is 0.